The summed E-state index contributed by atoms with van der Waals surface area (Å²) >= 11 is 0. The van der Waals surface area contributed by atoms with E-state index < -0.39 is 12.0 Å². The zero-order valence-electron chi connectivity index (χ0n) is 9.36. The second-order valence-corrected chi connectivity index (χ2v) is 3.61. The Hall–Kier alpha value is -1.57. The first-order valence-electron chi connectivity index (χ1n) is 4.81. The third-order valence-electron chi connectivity index (χ3n) is 2.27. The molecule has 0 spiro atoms. The van der Waals surface area contributed by atoms with Gasteiger partial charge in [0.15, 0.2) is 0 Å². The average molecular weight is 250 g/mol. The van der Waals surface area contributed by atoms with E-state index in [0.29, 0.717) is 0 Å². The second-order valence-electron chi connectivity index (χ2n) is 3.61. The smallest absolute Gasteiger partial charge is 0.394 e. The Balaban J connectivity index is 3.14. The number of rotatable bonds is 3. The molecule has 0 saturated carbocycles. The minimum Gasteiger partial charge on any atom is -0.394 e. The van der Waals surface area contributed by atoms with E-state index in [4.69, 9.17) is 10.8 Å². The van der Waals surface area contributed by atoms with Crippen molar-refractivity contribution in [3.05, 3.63) is 11.9 Å². The van der Waals surface area contributed by atoms with Gasteiger partial charge in [0.2, 0.25) is 5.82 Å². The molecule has 0 aliphatic rings. The third kappa shape index (κ3) is 3.19. The van der Waals surface area contributed by atoms with Crippen LogP contribution in [0.2, 0.25) is 0 Å². The van der Waals surface area contributed by atoms with Gasteiger partial charge in [-0.3, -0.25) is 0 Å². The number of aliphatic hydroxyl groups excluding tert-OH is 1. The fourth-order valence-corrected chi connectivity index (χ4v) is 1.11. The number of hydrogen-bond donors (Lipinski definition) is 2. The van der Waals surface area contributed by atoms with Crippen molar-refractivity contribution in [3.63, 3.8) is 0 Å². The summed E-state index contributed by atoms with van der Waals surface area (Å²) in [6.07, 6.45) is -4.65. The Kier molecular flexibility index (Phi) is 3.76. The van der Waals surface area contributed by atoms with E-state index in [-0.39, 0.29) is 24.3 Å². The Morgan fingerprint density at radius 3 is 2.53 bits per heavy atom. The van der Waals surface area contributed by atoms with Crippen molar-refractivity contribution in [2.45, 2.75) is 19.1 Å². The number of likely N-dealkylation sites (N-methyl/N-ethyl adjacent to an activating group) is 1. The standard InChI is InChI=1S/C9H13F3N4O/c1-5(4-17)16(2)7-3-6(13)14-8(15-7)9(10,11)12/h3,5,17H,4H2,1-2H3,(H2,13,14,15). The Morgan fingerprint density at radius 1 is 1.47 bits per heavy atom. The molecule has 0 aliphatic heterocycles. The van der Waals surface area contributed by atoms with Gasteiger partial charge < -0.3 is 15.7 Å². The lowest BCUT2D eigenvalue weighted by Crippen LogP contribution is -2.33. The zero-order valence-corrected chi connectivity index (χ0v) is 9.36. The maximum atomic E-state index is 12.4. The SMILES string of the molecule is CC(CO)N(C)c1cc(N)nc(C(F)(F)F)n1. The molecule has 5 nitrogen and oxygen atoms in total. The molecule has 0 fully saturated rings. The van der Waals surface area contributed by atoms with Gasteiger partial charge in [-0.2, -0.15) is 13.2 Å². The topological polar surface area (TPSA) is 75.3 Å². The molecule has 0 aromatic carbocycles. The number of nitrogens with two attached hydrogens (primary N) is 1. The first kappa shape index (κ1) is 13.5. The summed E-state index contributed by atoms with van der Waals surface area (Å²) in [4.78, 5) is 7.89. The monoisotopic (exact) mass is 250 g/mol. The minimum atomic E-state index is -4.65. The molecular weight excluding hydrogens is 237 g/mol. The van der Waals surface area contributed by atoms with E-state index >= 15 is 0 Å². The molecule has 3 N–H and O–H groups in total. The third-order valence-corrected chi connectivity index (χ3v) is 2.27. The number of hydrogen-bond acceptors (Lipinski definition) is 5. The van der Waals surface area contributed by atoms with Crippen LogP contribution in [0.1, 0.15) is 12.7 Å². The molecule has 0 bridgehead atoms. The summed E-state index contributed by atoms with van der Waals surface area (Å²) < 4.78 is 37.3. The quantitative estimate of drug-likeness (QED) is 0.833. The van der Waals surface area contributed by atoms with Crippen LogP contribution in [0, 0.1) is 0 Å². The van der Waals surface area contributed by atoms with Crippen LogP contribution in [-0.2, 0) is 6.18 Å². The van der Waals surface area contributed by atoms with Crippen molar-refractivity contribution in [2.24, 2.45) is 0 Å². The highest BCUT2D eigenvalue weighted by Crippen LogP contribution is 2.28. The second kappa shape index (κ2) is 4.74. The summed E-state index contributed by atoms with van der Waals surface area (Å²) in [5.41, 5.74) is 5.30. The molecule has 1 atom stereocenters. The van der Waals surface area contributed by atoms with E-state index in [2.05, 4.69) is 9.97 Å². The van der Waals surface area contributed by atoms with Crippen molar-refractivity contribution in [1.29, 1.82) is 0 Å². The number of aliphatic hydroxyl groups is 1. The van der Waals surface area contributed by atoms with Gasteiger partial charge in [0.1, 0.15) is 11.6 Å². The van der Waals surface area contributed by atoms with Crippen molar-refractivity contribution in [2.75, 3.05) is 24.3 Å². The molecule has 1 aromatic rings. The minimum absolute atomic E-state index is 0.0198. The van der Waals surface area contributed by atoms with Gasteiger partial charge in [-0.15, -0.1) is 0 Å². The van der Waals surface area contributed by atoms with Gasteiger partial charge in [0.25, 0.3) is 0 Å². The molecule has 1 unspecified atom stereocenters. The van der Waals surface area contributed by atoms with Gasteiger partial charge in [-0.05, 0) is 6.92 Å². The number of aromatic nitrogens is 2. The summed E-state index contributed by atoms with van der Waals surface area (Å²) in [5.74, 6) is -1.53. The summed E-state index contributed by atoms with van der Waals surface area (Å²) in [6, 6.07) is 0.854. The molecule has 0 amide bonds. The normalized spacial score (nSPS) is 13.5. The number of halogens is 3. The first-order chi connectivity index (χ1) is 7.75. The molecule has 0 saturated heterocycles. The van der Waals surface area contributed by atoms with Crippen LogP contribution in [0.5, 0.6) is 0 Å². The van der Waals surface area contributed by atoms with Crippen LogP contribution >= 0.6 is 0 Å². The van der Waals surface area contributed by atoms with Gasteiger partial charge in [-0.25, -0.2) is 9.97 Å². The molecule has 17 heavy (non-hydrogen) atoms. The molecule has 96 valence electrons. The van der Waals surface area contributed by atoms with E-state index in [0.717, 1.165) is 0 Å². The van der Waals surface area contributed by atoms with Gasteiger partial charge in [0, 0.05) is 13.1 Å². The Bertz CT molecular complexity index is 396. The fourth-order valence-electron chi connectivity index (χ4n) is 1.11. The number of nitrogens with zero attached hydrogens (tertiary/aromatic N) is 3. The first-order valence-corrected chi connectivity index (χ1v) is 4.81. The number of nitrogen functional groups attached to an aromatic ring is 1. The van der Waals surface area contributed by atoms with Crippen LogP contribution in [0.15, 0.2) is 6.07 Å². The van der Waals surface area contributed by atoms with Crippen molar-refractivity contribution < 1.29 is 18.3 Å². The Labute approximate surface area is 96.1 Å². The van der Waals surface area contributed by atoms with E-state index in [1.807, 2.05) is 0 Å². The fraction of sp³-hybridized carbons (Fsp3) is 0.556. The highest BCUT2D eigenvalue weighted by atomic mass is 19.4. The summed E-state index contributed by atoms with van der Waals surface area (Å²) in [6.45, 7) is 1.44. The molecule has 1 aromatic heterocycles. The van der Waals surface area contributed by atoms with Crippen LogP contribution in [0.4, 0.5) is 24.8 Å². The predicted octanol–water partition coefficient (Wildman–Crippen LogP) is 0.895. The largest absolute Gasteiger partial charge is 0.451 e. The maximum Gasteiger partial charge on any atom is 0.451 e. The average Bonchev–Trinajstić information content (AvgIpc) is 2.25. The van der Waals surface area contributed by atoms with E-state index in [1.54, 1.807) is 6.92 Å². The van der Waals surface area contributed by atoms with Crippen molar-refractivity contribution in [3.8, 4) is 0 Å². The van der Waals surface area contributed by atoms with Crippen LogP contribution in [0.3, 0.4) is 0 Å². The maximum absolute atomic E-state index is 12.4. The lowest BCUT2D eigenvalue weighted by molar-refractivity contribution is -0.144. The predicted molar refractivity (Wildman–Crippen MR) is 56.4 cm³/mol. The summed E-state index contributed by atoms with van der Waals surface area (Å²) in [5, 5.41) is 8.93. The molecule has 0 aliphatic carbocycles. The Morgan fingerprint density at radius 2 is 2.06 bits per heavy atom. The molecule has 8 heteroatoms. The number of anilines is 2. The van der Waals surface area contributed by atoms with Gasteiger partial charge >= 0.3 is 6.18 Å². The highest BCUT2D eigenvalue weighted by Gasteiger charge is 2.35. The van der Waals surface area contributed by atoms with Gasteiger partial charge in [0.05, 0.1) is 12.6 Å². The van der Waals surface area contributed by atoms with E-state index in [1.165, 1.54) is 18.0 Å². The molecular formula is C9H13F3N4O. The summed E-state index contributed by atoms with van der Waals surface area (Å²) in [7, 11) is 1.52. The van der Waals surface area contributed by atoms with Crippen LogP contribution < -0.4 is 10.6 Å². The van der Waals surface area contributed by atoms with Crippen LogP contribution in [-0.4, -0.2) is 34.8 Å². The number of alkyl halides is 3. The lowest BCUT2D eigenvalue weighted by Gasteiger charge is -2.24. The highest BCUT2D eigenvalue weighted by molar-refractivity contribution is 5.47. The lowest BCUT2D eigenvalue weighted by atomic mass is 10.3. The van der Waals surface area contributed by atoms with E-state index in [9.17, 15) is 13.2 Å². The molecule has 1 heterocycles. The van der Waals surface area contributed by atoms with Gasteiger partial charge in [-0.1, -0.05) is 0 Å². The van der Waals surface area contributed by atoms with Crippen LogP contribution in [0.25, 0.3) is 0 Å². The molecule has 1 rings (SSSR count). The van der Waals surface area contributed by atoms with Crippen molar-refractivity contribution in [1.82, 2.24) is 9.97 Å². The van der Waals surface area contributed by atoms with Crippen molar-refractivity contribution >= 4 is 11.6 Å². The zero-order chi connectivity index (χ0) is 13.2. The molecule has 0 radical (unpaired) electrons.